The minimum Gasteiger partial charge on any atom is -0.493 e. The lowest BCUT2D eigenvalue weighted by molar-refractivity contribution is -0.0688. The molecule has 2 aromatic rings. The Kier molecular flexibility index (Phi) is 5.42. The van der Waals surface area contributed by atoms with Crippen LogP contribution in [0.5, 0.6) is 11.5 Å². The van der Waals surface area contributed by atoms with Crippen molar-refractivity contribution in [1.29, 1.82) is 0 Å². The van der Waals surface area contributed by atoms with E-state index < -0.39 is 0 Å². The Balaban J connectivity index is 1.27. The largest absolute Gasteiger partial charge is 0.493 e. The SMILES string of the molecule is COc1cc(C(=O)NC(C)C23CC4CC(CC(C4)C2)C3)ccc1OCc1c(C)noc1C. The second-order valence-corrected chi connectivity index (χ2v) is 10.4. The second kappa shape index (κ2) is 8.13. The second-order valence-electron chi connectivity index (χ2n) is 10.4. The normalized spacial score (nSPS) is 29.1. The highest BCUT2D eigenvalue weighted by Crippen LogP contribution is 2.61. The fraction of sp³-hybridized carbons (Fsp3) is 0.615. The van der Waals surface area contributed by atoms with Gasteiger partial charge in [0, 0.05) is 11.6 Å². The van der Waals surface area contributed by atoms with Crippen LogP contribution < -0.4 is 14.8 Å². The zero-order valence-corrected chi connectivity index (χ0v) is 19.6. The molecule has 0 radical (unpaired) electrons. The number of carbonyl (C=O) groups is 1. The Bertz CT molecular complexity index is 956. The van der Waals surface area contributed by atoms with Gasteiger partial charge in [-0.15, -0.1) is 0 Å². The summed E-state index contributed by atoms with van der Waals surface area (Å²) >= 11 is 0. The molecule has 0 aliphatic heterocycles. The summed E-state index contributed by atoms with van der Waals surface area (Å²) in [6.45, 7) is 6.31. The number of nitrogens with zero attached hydrogens (tertiary/aromatic N) is 1. The van der Waals surface area contributed by atoms with E-state index in [-0.39, 0.29) is 17.4 Å². The summed E-state index contributed by atoms with van der Waals surface area (Å²) in [6, 6.07) is 5.57. The number of amides is 1. The quantitative estimate of drug-likeness (QED) is 0.642. The number of rotatable bonds is 7. The molecule has 4 fully saturated rings. The van der Waals surface area contributed by atoms with E-state index in [0.29, 0.717) is 23.7 Å². The standard InChI is InChI=1S/C26H34N2O4/c1-15-22(16(2)32-28-15)14-31-23-6-5-21(10-24(23)30-4)25(29)27-17(3)26-11-18-7-19(12-26)9-20(8-18)13-26/h5-6,10,17-20H,7-9,11-14H2,1-4H3,(H,27,29). The number of hydrogen-bond acceptors (Lipinski definition) is 5. The molecule has 1 aromatic heterocycles. The van der Waals surface area contributed by atoms with Crippen molar-refractivity contribution in [2.45, 2.75) is 71.9 Å². The van der Waals surface area contributed by atoms with E-state index in [1.807, 2.05) is 19.9 Å². The lowest BCUT2D eigenvalue weighted by atomic mass is 9.48. The number of benzene rings is 1. The summed E-state index contributed by atoms with van der Waals surface area (Å²) in [5.41, 5.74) is 2.63. The van der Waals surface area contributed by atoms with Gasteiger partial charge in [0.25, 0.3) is 5.91 Å². The maximum atomic E-state index is 13.1. The van der Waals surface area contributed by atoms with E-state index in [1.54, 1.807) is 19.2 Å². The lowest BCUT2D eigenvalue weighted by Gasteiger charge is -2.59. The molecule has 6 rings (SSSR count). The van der Waals surface area contributed by atoms with Crippen molar-refractivity contribution in [3.8, 4) is 11.5 Å². The fourth-order valence-electron chi connectivity index (χ4n) is 6.93. The van der Waals surface area contributed by atoms with Crippen molar-refractivity contribution < 1.29 is 18.8 Å². The molecule has 1 amide bonds. The first-order valence-corrected chi connectivity index (χ1v) is 11.9. The maximum Gasteiger partial charge on any atom is 0.251 e. The smallest absolute Gasteiger partial charge is 0.251 e. The van der Waals surface area contributed by atoms with Crippen LogP contribution in [0.2, 0.25) is 0 Å². The molecule has 0 spiro atoms. The monoisotopic (exact) mass is 438 g/mol. The molecule has 0 saturated heterocycles. The molecule has 4 aliphatic rings. The molecule has 32 heavy (non-hydrogen) atoms. The van der Waals surface area contributed by atoms with E-state index in [0.717, 1.165) is 34.8 Å². The molecule has 4 aliphatic carbocycles. The van der Waals surface area contributed by atoms with Gasteiger partial charge in [0.05, 0.1) is 18.4 Å². The van der Waals surface area contributed by atoms with E-state index in [1.165, 1.54) is 38.5 Å². The van der Waals surface area contributed by atoms with Gasteiger partial charge in [0.1, 0.15) is 12.4 Å². The highest BCUT2D eigenvalue weighted by atomic mass is 16.5. The number of aromatic nitrogens is 1. The molecule has 1 heterocycles. The summed E-state index contributed by atoms with van der Waals surface area (Å²) in [4.78, 5) is 13.1. The zero-order valence-electron chi connectivity index (χ0n) is 19.6. The van der Waals surface area contributed by atoms with Gasteiger partial charge in [-0.2, -0.15) is 0 Å². The highest BCUT2D eigenvalue weighted by Gasteiger charge is 2.53. The van der Waals surface area contributed by atoms with Crippen LogP contribution in [0.3, 0.4) is 0 Å². The third kappa shape index (κ3) is 3.78. The topological polar surface area (TPSA) is 73.6 Å². The molecular weight excluding hydrogens is 404 g/mol. The number of hydrogen-bond donors (Lipinski definition) is 1. The average molecular weight is 439 g/mol. The molecule has 4 bridgehead atoms. The van der Waals surface area contributed by atoms with E-state index >= 15 is 0 Å². The van der Waals surface area contributed by atoms with Crippen molar-refractivity contribution in [2.24, 2.45) is 23.2 Å². The van der Waals surface area contributed by atoms with E-state index in [4.69, 9.17) is 14.0 Å². The van der Waals surface area contributed by atoms with E-state index in [2.05, 4.69) is 17.4 Å². The first-order valence-electron chi connectivity index (χ1n) is 11.9. The maximum absolute atomic E-state index is 13.1. The Morgan fingerprint density at radius 2 is 1.81 bits per heavy atom. The van der Waals surface area contributed by atoms with Gasteiger partial charge in [-0.25, -0.2) is 0 Å². The van der Waals surface area contributed by atoms with Gasteiger partial charge in [-0.1, -0.05) is 5.16 Å². The molecule has 1 unspecified atom stereocenters. The molecule has 1 aromatic carbocycles. The highest BCUT2D eigenvalue weighted by molar-refractivity contribution is 5.95. The van der Waals surface area contributed by atoms with Crippen molar-refractivity contribution >= 4 is 5.91 Å². The predicted octanol–water partition coefficient (Wildman–Crippen LogP) is 5.21. The van der Waals surface area contributed by atoms with Crippen molar-refractivity contribution in [1.82, 2.24) is 10.5 Å². The van der Waals surface area contributed by atoms with Crippen LogP contribution in [-0.2, 0) is 6.61 Å². The van der Waals surface area contributed by atoms with Crippen LogP contribution in [0.15, 0.2) is 22.7 Å². The first kappa shape index (κ1) is 21.4. The van der Waals surface area contributed by atoms with Crippen molar-refractivity contribution in [3.05, 3.63) is 40.8 Å². The number of aryl methyl sites for hydroxylation is 2. The summed E-state index contributed by atoms with van der Waals surface area (Å²) in [5.74, 6) is 4.46. The van der Waals surface area contributed by atoms with Crippen LogP contribution >= 0.6 is 0 Å². The molecule has 1 atom stereocenters. The number of nitrogens with one attached hydrogen (secondary N) is 1. The average Bonchev–Trinajstić information content (AvgIpc) is 3.08. The summed E-state index contributed by atoms with van der Waals surface area (Å²) in [5, 5.41) is 7.30. The molecule has 4 saturated carbocycles. The van der Waals surface area contributed by atoms with Gasteiger partial charge in [-0.05, 0) is 101 Å². The third-order valence-corrected chi connectivity index (χ3v) is 8.33. The summed E-state index contributed by atoms with van der Waals surface area (Å²) in [6.07, 6.45) is 8.06. The van der Waals surface area contributed by atoms with Crippen LogP contribution in [0, 0.1) is 37.0 Å². The van der Waals surface area contributed by atoms with Crippen LogP contribution in [0.1, 0.15) is 72.8 Å². The van der Waals surface area contributed by atoms with Gasteiger partial charge >= 0.3 is 0 Å². The first-order chi connectivity index (χ1) is 15.4. The summed E-state index contributed by atoms with van der Waals surface area (Å²) in [7, 11) is 1.60. The molecule has 6 nitrogen and oxygen atoms in total. The van der Waals surface area contributed by atoms with Gasteiger partial charge in [0.2, 0.25) is 0 Å². The number of ether oxygens (including phenoxy) is 2. The van der Waals surface area contributed by atoms with Crippen molar-refractivity contribution in [2.75, 3.05) is 7.11 Å². The number of methoxy groups -OCH3 is 1. The van der Waals surface area contributed by atoms with Crippen LogP contribution in [0.25, 0.3) is 0 Å². The molecule has 6 heteroatoms. The Hall–Kier alpha value is -2.50. The van der Waals surface area contributed by atoms with Crippen molar-refractivity contribution in [3.63, 3.8) is 0 Å². The van der Waals surface area contributed by atoms with Gasteiger partial charge in [0.15, 0.2) is 11.5 Å². The third-order valence-electron chi connectivity index (χ3n) is 8.33. The van der Waals surface area contributed by atoms with E-state index in [9.17, 15) is 4.79 Å². The van der Waals surface area contributed by atoms with Crippen LogP contribution in [0.4, 0.5) is 0 Å². The molecular formula is C26H34N2O4. The lowest BCUT2D eigenvalue weighted by Crippen LogP contribution is -2.55. The zero-order chi connectivity index (χ0) is 22.5. The predicted molar refractivity (Wildman–Crippen MR) is 121 cm³/mol. The fourth-order valence-corrected chi connectivity index (χ4v) is 6.93. The Morgan fingerprint density at radius 1 is 1.16 bits per heavy atom. The Labute approximate surface area is 190 Å². The summed E-state index contributed by atoms with van der Waals surface area (Å²) < 4.78 is 16.7. The minimum absolute atomic E-state index is 0.0381. The minimum atomic E-state index is -0.0381. The molecule has 1 N–H and O–H groups in total. The van der Waals surface area contributed by atoms with Gasteiger partial charge in [-0.3, -0.25) is 4.79 Å². The van der Waals surface area contributed by atoms with Gasteiger partial charge < -0.3 is 19.3 Å². The van der Waals surface area contributed by atoms with Crippen LogP contribution in [-0.4, -0.2) is 24.2 Å². The molecule has 172 valence electrons. The Morgan fingerprint density at radius 3 is 2.38 bits per heavy atom. The number of carbonyl (C=O) groups excluding carboxylic acids is 1.